The Labute approximate surface area is 124 Å². The third kappa shape index (κ3) is 5.04. The summed E-state index contributed by atoms with van der Waals surface area (Å²) < 4.78 is 0. The zero-order valence-corrected chi connectivity index (χ0v) is 13.8. The van der Waals surface area contributed by atoms with Crippen LogP contribution in [0.3, 0.4) is 0 Å². The van der Waals surface area contributed by atoms with E-state index in [0.29, 0.717) is 6.04 Å². The molecule has 5 nitrogen and oxygen atoms in total. The molecule has 118 valence electrons. The molecule has 1 fully saturated rings. The number of hydrogen-bond acceptors (Lipinski definition) is 4. The summed E-state index contributed by atoms with van der Waals surface area (Å²) >= 11 is 0. The molecule has 20 heavy (non-hydrogen) atoms. The number of carbonyl (C=O) groups is 1. The summed E-state index contributed by atoms with van der Waals surface area (Å²) in [5.41, 5.74) is 6.09. The summed E-state index contributed by atoms with van der Waals surface area (Å²) in [6, 6.07) is -0.0275. The molecule has 0 bridgehead atoms. The van der Waals surface area contributed by atoms with Crippen LogP contribution in [0.4, 0.5) is 0 Å². The molecule has 1 saturated heterocycles. The minimum Gasteiger partial charge on any atom is -0.337 e. The number of hydrogen-bond donors (Lipinski definition) is 1. The monoisotopic (exact) mass is 284 g/mol. The third-order valence-electron chi connectivity index (χ3n) is 4.20. The van der Waals surface area contributed by atoms with Gasteiger partial charge in [0.1, 0.15) is 0 Å². The lowest BCUT2D eigenvalue weighted by atomic mass is 9.99. The molecular formula is C15H32N4O. The molecule has 0 spiro atoms. The Morgan fingerprint density at radius 1 is 1.25 bits per heavy atom. The van der Waals surface area contributed by atoms with E-state index in [1.807, 2.05) is 32.8 Å². The average Bonchev–Trinajstić information content (AvgIpc) is 2.39. The van der Waals surface area contributed by atoms with E-state index < -0.39 is 0 Å². The Hall–Kier alpha value is -0.650. The molecule has 1 heterocycles. The molecule has 0 unspecified atom stereocenters. The van der Waals surface area contributed by atoms with Crippen molar-refractivity contribution in [3.8, 4) is 0 Å². The molecule has 0 aromatic rings. The lowest BCUT2D eigenvalue weighted by Crippen LogP contribution is -2.54. The highest BCUT2D eigenvalue weighted by molar-refractivity contribution is 5.82. The summed E-state index contributed by atoms with van der Waals surface area (Å²) in [5, 5.41) is 0. The van der Waals surface area contributed by atoms with Gasteiger partial charge in [-0.15, -0.1) is 0 Å². The van der Waals surface area contributed by atoms with Crippen LogP contribution in [-0.4, -0.2) is 80.0 Å². The van der Waals surface area contributed by atoms with Crippen LogP contribution in [-0.2, 0) is 4.79 Å². The maximum Gasteiger partial charge on any atom is 0.240 e. The van der Waals surface area contributed by atoms with E-state index in [4.69, 9.17) is 5.73 Å². The fraction of sp³-hybridized carbons (Fsp3) is 0.933. The van der Waals surface area contributed by atoms with Crippen molar-refractivity contribution in [3.05, 3.63) is 0 Å². The standard InChI is InChI=1S/C15H32N4O/c1-12(2)14(16)15(20)19(11-10-17(3)4)13-6-8-18(5)9-7-13/h12-14H,6-11,16H2,1-5H3/t14-/m1/s1. The molecule has 1 atom stereocenters. The second-order valence-corrected chi connectivity index (χ2v) is 6.64. The normalized spacial score (nSPS) is 19.6. The second kappa shape index (κ2) is 7.96. The van der Waals surface area contributed by atoms with E-state index in [-0.39, 0.29) is 17.9 Å². The molecule has 1 aliphatic rings. The first kappa shape index (κ1) is 17.4. The summed E-state index contributed by atoms with van der Waals surface area (Å²) in [6.07, 6.45) is 2.11. The van der Waals surface area contributed by atoms with Crippen LogP contribution in [0.1, 0.15) is 26.7 Å². The average molecular weight is 284 g/mol. The molecule has 1 rings (SSSR count). The number of amides is 1. The van der Waals surface area contributed by atoms with Crippen molar-refractivity contribution < 1.29 is 4.79 Å². The lowest BCUT2D eigenvalue weighted by Gasteiger charge is -2.39. The molecule has 0 aromatic carbocycles. The smallest absolute Gasteiger partial charge is 0.240 e. The van der Waals surface area contributed by atoms with Gasteiger partial charge in [0.05, 0.1) is 6.04 Å². The minimum absolute atomic E-state index is 0.122. The van der Waals surface area contributed by atoms with Crippen molar-refractivity contribution in [2.24, 2.45) is 11.7 Å². The number of nitrogens with zero attached hydrogens (tertiary/aromatic N) is 3. The van der Waals surface area contributed by atoms with Gasteiger partial charge in [-0.25, -0.2) is 0 Å². The first-order valence-electron chi connectivity index (χ1n) is 7.72. The molecule has 1 aliphatic heterocycles. The van der Waals surface area contributed by atoms with Gasteiger partial charge in [0, 0.05) is 19.1 Å². The molecule has 0 saturated carbocycles. The SMILES string of the molecule is CC(C)[C@@H](N)C(=O)N(CCN(C)C)C1CCN(C)CC1. The first-order valence-corrected chi connectivity index (χ1v) is 7.72. The predicted molar refractivity (Wildman–Crippen MR) is 83.6 cm³/mol. The Balaban J connectivity index is 2.71. The fourth-order valence-corrected chi connectivity index (χ4v) is 2.56. The van der Waals surface area contributed by atoms with Crippen molar-refractivity contribution in [3.63, 3.8) is 0 Å². The number of nitrogens with two attached hydrogens (primary N) is 1. The second-order valence-electron chi connectivity index (χ2n) is 6.64. The maximum atomic E-state index is 12.6. The largest absolute Gasteiger partial charge is 0.337 e. The van der Waals surface area contributed by atoms with E-state index in [9.17, 15) is 4.79 Å². The summed E-state index contributed by atoms with van der Waals surface area (Å²) in [4.78, 5) is 19.1. The van der Waals surface area contributed by atoms with Crippen molar-refractivity contribution >= 4 is 5.91 Å². The molecule has 2 N–H and O–H groups in total. The van der Waals surface area contributed by atoms with Gasteiger partial charge in [0.2, 0.25) is 5.91 Å². The van der Waals surface area contributed by atoms with Gasteiger partial charge in [0.15, 0.2) is 0 Å². The van der Waals surface area contributed by atoms with Crippen LogP contribution in [0, 0.1) is 5.92 Å². The van der Waals surface area contributed by atoms with Crippen LogP contribution in [0.15, 0.2) is 0 Å². The molecule has 0 aromatic heterocycles. The molecule has 0 aliphatic carbocycles. The van der Waals surface area contributed by atoms with Gasteiger partial charge in [-0.05, 0) is 53.0 Å². The van der Waals surface area contributed by atoms with E-state index in [1.54, 1.807) is 0 Å². The van der Waals surface area contributed by atoms with E-state index >= 15 is 0 Å². The van der Waals surface area contributed by atoms with Gasteiger partial charge in [0.25, 0.3) is 0 Å². The highest BCUT2D eigenvalue weighted by atomic mass is 16.2. The lowest BCUT2D eigenvalue weighted by molar-refractivity contribution is -0.137. The van der Waals surface area contributed by atoms with Crippen molar-refractivity contribution in [2.75, 3.05) is 47.3 Å². The number of likely N-dealkylation sites (tertiary alicyclic amines) is 1. The third-order valence-corrected chi connectivity index (χ3v) is 4.20. The highest BCUT2D eigenvalue weighted by Gasteiger charge is 2.30. The van der Waals surface area contributed by atoms with Gasteiger partial charge < -0.3 is 20.4 Å². The van der Waals surface area contributed by atoms with Gasteiger partial charge >= 0.3 is 0 Å². The molecular weight excluding hydrogens is 252 g/mol. The number of carbonyl (C=O) groups excluding carboxylic acids is 1. The Morgan fingerprint density at radius 3 is 2.25 bits per heavy atom. The van der Waals surface area contributed by atoms with Crippen LogP contribution in [0.2, 0.25) is 0 Å². The van der Waals surface area contributed by atoms with Gasteiger partial charge in [-0.1, -0.05) is 13.8 Å². The van der Waals surface area contributed by atoms with E-state index in [1.165, 1.54) is 0 Å². The Kier molecular flexibility index (Phi) is 6.92. The zero-order valence-electron chi connectivity index (χ0n) is 13.8. The van der Waals surface area contributed by atoms with Gasteiger partial charge in [-0.2, -0.15) is 0 Å². The maximum absolute atomic E-state index is 12.6. The van der Waals surface area contributed by atoms with Crippen molar-refractivity contribution in [2.45, 2.75) is 38.8 Å². The summed E-state index contributed by atoms with van der Waals surface area (Å²) in [5.74, 6) is 0.312. The number of likely N-dealkylation sites (N-methyl/N-ethyl adjacent to an activating group) is 1. The predicted octanol–water partition coefficient (Wildman–Crippen LogP) is 0.454. The number of rotatable bonds is 6. The molecule has 5 heteroatoms. The Bertz CT molecular complexity index is 298. The van der Waals surface area contributed by atoms with E-state index in [0.717, 1.165) is 39.0 Å². The van der Waals surface area contributed by atoms with Crippen molar-refractivity contribution in [1.29, 1.82) is 0 Å². The minimum atomic E-state index is -0.378. The molecule has 0 radical (unpaired) electrons. The van der Waals surface area contributed by atoms with Crippen molar-refractivity contribution in [1.82, 2.24) is 14.7 Å². The Morgan fingerprint density at radius 2 is 1.80 bits per heavy atom. The molecule has 1 amide bonds. The topological polar surface area (TPSA) is 52.8 Å². The first-order chi connectivity index (χ1) is 9.32. The van der Waals surface area contributed by atoms with Crippen LogP contribution in [0.5, 0.6) is 0 Å². The summed E-state index contributed by atoms with van der Waals surface area (Å²) in [7, 11) is 6.22. The van der Waals surface area contributed by atoms with Gasteiger partial charge in [-0.3, -0.25) is 4.79 Å². The summed E-state index contributed by atoms with van der Waals surface area (Å²) in [6.45, 7) is 7.83. The number of piperidine rings is 1. The van der Waals surface area contributed by atoms with E-state index in [2.05, 4.69) is 16.8 Å². The zero-order chi connectivity index (χ0) is 15.3. The van der Waals surface area contributed by atoms with Crippen LogP contribution >= 0.6 is 0 Å². The quantitative estimate of drug-likeness (QED) is 0.770. The highest BCUT2D eigenvalue weighted by Crippen LogP contribution is 2.17. The fourth-order valence-electron chi connectivity index (χ4n) is 2.56. The van der Waals surface area contributed by atoms with Crippen LogP contribution in [0.25, 0.3) is 0 Å². The van der Waals surface area contributed by atoms with Crippen LogP contribution < -0.4 is 5.73 Å².